The molecule has 0 amide bonds. The van der Waals surface area contributed by atoms with E-state index in [9.17, 15) is 14.4 Å². The van der Waals surface area contributed by atoms with E-state index in [0.717, 1.165) is 0 Å². The van der Waals surface area contributed by atoms with Gasteiger partial charge in [0.1, 0.15) is 18.5 Å². The van der Waals surface area contributed by atoms with Crippen LogP contribution in [0.5, 0.6) is 0 Å². The number of ether oxygens (including phenoxy) is 4. The largest absolute Gasteiger partial charge is 0.459 e. The number of aromatic nitrogens is 3. The predicted molar refractivity (Wildman–Crippen MR) is 120 cm³/mol. The number of fused-ring (bicyclic) bond motifs is 1. The van der Waals surface area contributed by atoms with Crippen LogP contribution in [0.25, 0.3) is 5.52 Å². The Morgan fingerprint density at radius 1 is 1.11 bits per heavy atom. The van der Waals surface area contributed by atoms with E-state index >= 15 is 4.39 Å². The van der Waals surface area contributed by atoms with Gasteiger partial charge in [-0.1, -0.05) is 41.5 Å². The molecule has 3 heterocycles. The van der Waals surface area contributed by atoms with E-state index in [2.05, 4.69) is 10.1 Å². The quantitative estimate of drug-likeness (QED) is 0.428. The third kappa shape index (κ3) is 4.93. The molecule has 2 N–H and O–H groups in total. The highest BCUT2D eigenvalue weighted by atomic mass is 19.2. The zero-order valence-corrected chi connectivity index (χ0v) is 20.6. The van der Waals surface area contributed by atoms with Gasteiger partial charge in [-0.3, -0.25) is 14.4 Å². The lowest BCUT2D eigenvalue weighted by Gasteiger charge is -2.36. The lowest BCUT2D eigenvalue weighted by molar-refractivity contribution is -0.223. The summed E-state index contributed by atoms with van der Waals surface area (Å²) in [6.45, 7) is 8.08. The average molecular weight is 495 g/mol. The fraction of sp³-hybridized carbons (Fsp3) is 0.609. The number of esters is 3. The summed E-state index contributed by atoms with van der Waals surface area (Å²) in [5.74, 6) is -6.61. The van der Waals surface area contributed by atoms with E-state index in [-0.39, 0.29) is 11.5 Å². The highest BCUT2D eigenvalue weighted by molar-refractivity contribution is 5.74. The molecule has 11 nitrogen and oxygen atoms in total. The minimum atomic E-state index is -2.82. The number of hydrogen-bond acceptors (Lipinski definition) is 10. The molecule has 35 heavy (non-hydrogen) atoms. The molecule has 3 atom stereocenters. The van der Waals surface area contributed by atoms with Crippen LogP contribution in [0.2, 0.25) is 0 Å². The minimum Gasteiger partial charge on any atom is -0.459 e. The molecular weight excluding hydrogens is 463 g/mol. The molecule has 1 saturated heterocycles. The Labute approximate surface area is 202 Å². The summed E-state index contributed by atoms with van der Waals surface area (Å²) in [7, 11) is 0. The van der Waals surface area contributed by atoms with Crippen LogP contribution in [-0.4, -0.2) is 57.7 Å². The van der Waals surface area contributed by atoms with Gasteiger partial charge in [0.15, 0.2) is 12.4 Å². The van der Waals surface area contributed by atoms with Crippen LogP contribution in [0.4, 0.5) is 10.2 Å². The molecule has 0 radical (unpaired) electrons. The van der Waals surface area contributed by atoms with Gasteiger partial charge in [0.05, 0.1) is 23.4 Å². The second-order valence-corrected chi connectivity index (χ2v) is 9.44. The van der Waals surface area contributed by atoms with E-state index in [1.165, 1.54) is 16.9 Å². The Morgan fingerprint density at radius 3 is 2.34 bits per heavy atom. The number of carbonyl (C=O) groups excluding carboxylic acids is 3. The van der Waals surface area contributed by atoms with Gasteiger partial charge >= 0.3 is 17.9 Å². The van der Waals surface area contributed by atoms with Crippen LogP contribution in [0.1, 0.15) is 47.2 Å². The molecule has 0 bridgehead atoms. The van der Waals surface area contributed by atoms with Gasteiger partial charge in [0.25, 0.3) is 5.85 Å². The van der Waals surface area contributed by atoms with Crippen molar-refractivity contribution in [2.24, 2.45) is 17.8 Å². The summed E-state index contributed by atoms with van der Waals surface area (Å²) in [4.78, 5) is 41.5. The van der Waals surface area contributed by atoms with Crippen LogP contribution in [0.3, 0.4) is 0 Å². The predicted octanol–water partition coefficient (Wildman–Crippen LogP) is 2.17. The van der Waals surface area contributed by atoms with Gasteiger partial charge in [0, 0.05) is 0 Å². The van der Waals surface area contributed by atoms with Gasteiger partial charge in [0.2, 0.25) is 11.7 Å². The number of carbonyl (C=O) groups is 3. The minimum absolute atomic E-state index is 0.128. The summed E-state index contributed by atoms with van der Waals surface area (Å²) in [5, 5.41) is 4.17. The van der Waals surface area contributed by atoms with Crippen molar-refractivity contribution in [1.29, 1.82) is 0 Å². The van der Waals surface area contributed by atoms with E-state index in [4.69, 9.17) is 24.7 Å². The SMILES string of the molecule is CC(C)C(=O)OC[C@@]1(F)OC[C@](OC(=O)C(C)C)(c2ccc3c(N)ncnn23)[C@@H]1OC(=O)C(C)C. The van der Waals surface area contributed by atoms with Crippen molar-refractivity contribution in [3.05, 3.63) is 24.2 Å². The van der Waals surface area contributed by atoms with E-state index in [1.807, 2.05) is 0 Å². The first kappa shape index (κ1) is 26.3. The second-order valence-electron chi connectivity index (χ2n) is 9.44. The maximum absolute atomic E-state index is 16.4. The summed E-state index contributed by atoms with van der Waals surface area (Å²) in [6.07, 6.45) is -0.649. The number of hydrogen-bond donors (Lipinski definition) is 1. The maximum atomic E-state index is 16.4. The number of nitrogens with two attached hydrogens (primary N) is 1. The Morgan fingerprint density at radius 2 is 1.74 bits per heavy atom. The molecule has 1 fully saturated rings. The first-order chi connectivity index (χ1) is 16.3. The van der Waals surface area contributed by atoms with E-state index < -0.39 is 66.4 Å². The standard InChI is InChI=1S/C23H31FN4O7/c1-12(2)18(29)32-10-23(24)21(34-19(30)13(3)4)22(9-33-23,35-20(31)14(5)6)16-8-7-15-17(25)26-11-27-28(15)16/h7-8,11-14,21H,9-10H2,1-6H3,(H2,25,26,27)/t21-,22-,23+/m0/s1. The zero-order valence-electron chi connectivity index (χ0n) is 20.6. The highest BCUT2D eigenvalue weighted by Gasteiger charge is 2.67. The summed E-state index contributed by atoms with van der Waals surface area (Å²) in [5.41, 5.74) is 4.48. The number of alkyl halides is 1. The fourth-order valence-corrected chi connectivity index (χ4v) is 3.53. The molecule has 0 aromatic carbocycles. The topological polar surface area (TPSA) is 144 Å². The molecule has 1 aliphatic heterocycles. The average Bonchev–Trinajstić information content (AvgIpc) is 3.34. The lowest BCUT2D eigenvalue weighted by atomic mass is 9.90. The molecule has 1 aliphatic rings. The first-order valence-electron chi connectivity index (χ1n) is 11.3. The van der Waals surface area contributed by atoms with Gasteiger partial charge in [-0.25, -0.2) is 13.9 Å². The van der Waals surface area contributed by atoms with Crippen molar-refractivity contribution >= 4 is 29.2 Å². The van der Waals surface area contributed by atoms with Crippen molar-refractivity contribution in [2.45, 2.75) is 59.1 Å². The van der Waals surface area contributed by atoms with Crippen molar-refractivity contribution in [3.63, 3.8) is 0 Å². The summed E-state index contributed by atoms with van der Waals surface area (Å²) >= 11 is 0. The molecule has 0 unspecified atom stereocenters. The normalized spacial score (nSPS) is 24.3. The molecule has 0 aliphatic carbocycles. The molecule has 0 spiro atoms. The Balaban J connectivity index is 2.18. The first-order valence-corrected chi connectivity index (χ1v) is 11.3. The van der Waals surface area contributed by atoms with Crippen LogP contribution in [0.15, 0.2) is 18.5 Å². The number of anilines is 1. The molecule has 192 valence electrons. The summed E-state index contributed by atoms with van der Waals surface area (Å²) < 4.78 is 39.8. The van der Waals surface area contributed by atoms with Crippen LogP contribution in [-0.2, 0) is 38.9 Å². The van der Waals surface area contributed by atoms with Crippen molar-refractivity contribution in [2.75, 3.05) is 18.9 Å². The molecular formula is C23H31FN4O7. The Bertz CT molecular complexity index is 1120. The molecule has 12 heteroatoms. The van der Waals surface area contributed by atoms with E-state index in [0.29, 0.717) is 5.52 Å². The van der Waals surface area contributed by atoms with Crippen LogP contribution in [0, 0.1) is 17.8 Å². The van der Waals surface area contributed by atoms with Crippen molar-refractivity contribution in [3.8, 4) is 0 Å². The van der Waals surface area contributed by atoms with Crippen molar-refractivity contribution in [1.82, 2.24) is 14.6 Å². The molecule has 0 saturated carbocycles. The Kier molecular flexibility index (Phi) is 7.34. The highest BCUT2D eigenvalue weighted by Crippen LogP contribution is 2.47. The third-order valence-corrected chi connectivity index (χ3v) is 5.60. The van der Waals surface area contributed by atoms with Gasteiger partial charge in [-0.15, -0.1) is 0 Å². The lowest BCUT2D eigenvalue weighted by Crippen LogP contribution is -2.54. The maximum Gasteiger partial charge on any atom is 0.309 e. The van der Waals surface area contributed by atoms with Gasteiger partial charge in [-0.2, -0.15) is 5.10 Å². The van der Waals surface area contributed by atoms with Crippen molar-refractivity contribution < 1.29 is 37.7 Å². The van der Waals surface area contributed by atoms with Gasteiger partial charge < -0.3 is 24.7 Å². The van der Waals surface area contributed by atoms with Crippen LogP contribution >= 0.6 is 0 Å². The zero-order chi connectivity index (χ0) is 26.1. The number of nitrogens with zero attached hydrogens (tertiary/aromatic N) is 3. The van der Waals surface area contributed by atoms with Gasteiger partial charge in [-0.05, 0) is 12.1 Å². The summed E-state index contributed by atoms with van der Waals surface area (Å²) in [6, 6.07) is 3.08. The monoisotopic (exact) mass is 494 g/mol. The third-order valence-electron chi connectivity index (χ3n) is 5.60. The number of nitrogen functional groups attached to an aromatic ring is 1. The number of rotatable bonds is 8. The molecule has 2 aromatic heterocycles. The molecule has 3 rings (SSSR count). The molecule has 2 aromatic rings. The van der Waals surface area contributed by atoms with E-state index in [1.54, 1.807) is 47.6 Å². The Hall–Kier alpha value is -3.28. The number of halogens is 1. The smallest absolute Gasteiger partial charge is 0.309 e. The second kappa shape index (κ2) is 9.76. The van der Waals surface area contributed by atoms with Crippen LogP contribution < -0.4 is 5.73 Å². The fourth-order valence-electron chi connectivity index (χ4n) is 3.53.